The number of hydrogen-bond donors (Lipinski definition) is 1. The van der Waals surface area contributed by atoms with Gasteiger partial charge in [0.15, 0.2) is 22.5 Å². The first-order valence-electron chi connectivity index (χ1n) is 14.0. The van der Waals surface area contributed by atoms with Gasteiger partial charge in [-0.05, 0) is 37.1 Å². The van der Waals surface area contributed by atoms with E-state index in [0.717, 1.165) is 43.3 Å². The van der Waals surface area contributed by atoms with Gasteiger partial charge in [-0.3, -0.25) is 4.79 Å². The molecule has 2 aromatic heterocycles. The van der Waals surface area contributed by atoms with Crippen LogP contribution in [0, 0.1) is 0 Å². The summed E-state index contributed by atoms with van der Waals surface area (Å²) in [5.41, 5.74) is 1.44. The third kappa shape index (κ3) is 6.95. The number of aryl methyl sites for hydroxylation is 1. The molecular weight excluding hydrogens is 496 g/mol. The number of furan rings is 1. The molecule has 7 heteroatoms. The molecule has 2 heterocycles. The van der Waals surface area contributed by atoms with Crippen molar-refractivity contribution in [2.75, 3.05) is 27.9 Å². The predicted octanol–water partition coefficient (Wildman–Crippen LogP) is 7.67. The van der Waals surface area contributed by atoms with Gasteiger partial charge in [0.1, 0.15) is 28.2 Å². The van der Waals surface area contributed by atoms with Crippen LogP contribution in [0.5, 0.6) is 17.2 Å². The molecule has 2 aromatic carbocycles. The molecule has 0 aliphatic heterocycles. The number of aliphatic hydroxyl groups is 1. The number of benzene rings is 2. The predicted molar refractivity (Wildman–Crippen MR) is 154 cm³/mol. The molecule has 4 rings (SSSR count). The Labute approximate surface area is 229 Å². The third-order valence-corrected chi connectivity index (χ3v) is 7.23. The highest BCUT2D eigenvalue weighted by Crippen LogP contribution is 2.37. The Kier molecular flexibility index (Phi) is 10.3. The number of rotatable bonds is 16. The number of ether oxygens (including phenoxy) is 3. The molecule has 0 aliphatic carbocycles. The van der Waals surface area contributed by atoms with Crippen LogP contribution < -0.4 is 19.6 Å². The molecular formula is C32H40O7. The van der Waals surface area contributed by atoms with Gasteiger partial charge >= 0.3 is 0 Å². The van der Waals surface area contributed by atoms with E-state index < -0.39 is 0 Å². The van der Waals surface area contributed by atoms with Crippen molar-refractivity contribution in [3.05, 3.63) is 52.4 Å². The van der Waals surface area contributed by atoms with Crippen molar-refractivity contribution in [2.45, 2.75) is 70.6 Å². The quantitative estimate of drug-likeness (QED) is 0.147. The van der Waals surface area contributed by atoms with Gasteiger partial charge in [-0.25, -0.2) is 0 Å². The Hall–Kier alpha value is -3.45. The molecule has 7 nitrogen and oxygen atoms in total. The molecule has 210 valence electrons. The first-order valence-corrected chi connectivity index (χ1v) is 14.0. The van der Waals surface area contributed by atoms with Crippen LogP contribution in [0.1, 0.15) is 70.0 Å². The Morgan fingerprint density at radius 3 is 1.97 bits per heavy atom. The van der Waals surface area contributed by atoms with Crippen LogP contribution in [-0.4, -0.2) is 33.0 Å². The molecule has 0 aliphatic rings. The second kappa shape index (κ2) is 14.1. The number of unbranched alkanes of at least 4 members (excludes halogenated alkanes) is 9. The highest BCUT2D eigenvalue weighted by molar-refractivity contribution is 6.05. The fourth-order valence-corrected chi connectivity index (χ4v) is 5.09. The van der Waals surface area contributed by atoms with Gasteiger partial charge < -0.3 is 28.2 Å². The summed E-state index contributed by atoms with van der Waals surface area (Å²) in [6.45, 7) is 0.309. The average Bonchev–Trinajstić information content (AvgIpc) is 3.38. The summed E-state index contributed by atoms with van der Waals surface area (Å²) >= 11 is 0. The van der Waals surface area contributed by atoms with Gasteiger partial charge in [0.25, 0.3) is 0 Å². The lowest BCUT2D eigenvalue weighted by molar-refractivity contribution is 0.282. The van der Waals surface area contributed by atoms with Crippen LogP contribution in [0.15, 0.2) is 50.0 Å². The van der Waals surface area contributed by atoms with E-state index >= 15 is 0 Å². The standard InChI is InChI=1S/C32H40O7/c1-35-26-16-15-22(18-29(26)37-3)27-20-25(34)31-30(39-27)21-28(36-2)24-19-23(38-32(24)31)14-12-10-8-6-4-5-7-9-11-13-17-33/h15-16,18-21,33H,4-14,17H2,1-3H3. The van der Waals surface area contributed by atoms with Crippen LogP contribution in [0.4, 0.5) is 0 Å². The zero-order valence-electron chi connectivity index (χ0n) is 23.3. The van der Waals surface area contributed by atoms with Gasteiger partial charge in [0.05, 0.1) is 26.7 Å². The normalized spacial score (nSPS) is 11.4. The highest BCUT2D eigenvalue weighted by atomic mass is 16.5. The van der Waals surface area contributed by atoms with Gasteiger partial charge in [-0.1, -0.05) is 51.4 Å². The molecule has 1 N–H and O–H groups in total. The van der Waals surface area contributed by atoms with Crippen molar-refractivity contribution >= 4 is 21.9 Å². The minimum atomic E-state index is -0.175. The largest absolute Gasteiger partial charge is 0.496 e. The van der Waals surface area contributed by atoms with E-state index in [2.05, 4.69) is 0 Å². The molecule has 0 unspecified atom stereocenters. The van der Waals surface area contributed by atoms with Gasteiger partial charge in [-0.2, -0.15) is 0 Å². The summed E-state index contributed by atoms with van der Waals surface area (Å²) in [7, 11) is 4.75. The Balaban J connectivity index is 1.45. The van der Waals surface area contributed by atoms with E-state index in [1.165, 1.54) is 44.6 Å². The smallest absolute Gasteiger partial charge is 0.197 e. The fraction of sp³-hybridized carbons (Fsp3) is 0.469. The number of aliphatic hydroxyl groups excluding tert-OH is 1. The van der Waals surface area contributed by atoms with E-state index in [-0.39, 0.29) is 5.43 Å². The van der Waals surface area contributed by atoms with Crippen molar-refractivity contribution in [1.29, 1.82) is 0 Å². The molecule has 0 saturated carbocycles. The third-order valence-electron chi connectivity index (χ3n) is 7.23. The first kappa shape index (κ1) is 28.6. The van der Waals surface area contributed by atoms with E-state index in [4.69, 9.17) is 28.2 Å². The van der Waals surface area contributed by atoms with E-state index in [0.29, 0.717) is 51.7 Å². The van der Waals surface area contributed by atoms with E-state index in [9.17, 15) is 4.79 Å². The summed E-state index contributed by atoms with van der Waals surface area (Å²) < 4.78 is 28.8. The molecule has 0 radical (unpaired) electrons. The van der Waals surface area contributed by atoms with Gasteiger partial charge in [0.2, 0.25) is 0 Å². The van der Waals surface area contributed by atoms with Gasteiger partial charge in [0, 0.05) is 30.7 Å². The number of methoxy groups -OCH3 is 3. The maximum absolute atomic E-state index is 13.3. The molecule has 4 aromatic rings. The maximum atomic E-state index is 13.3. The lowest BCUT2D eigenvalue weighted by Gasteiger charge is -2.10. The summed E-state index contributed by atoms with van der Waals surface area (Å²) in [6.07, 6.45) is 12.6. The van der Waals surface area contributed by atoms with Crippen molar-refractivity contribution in [3.63, 3.8) is 0 Å². The second-order valence-electron chi connectivity index (χ2n) is 9.96. The topological polar surface area (TPSA) is 91.3 Å². The van der Waals surface area contributed by atoms with E-state index in [1.54, 1.807) is 39.5 Å². The molecule has 0 bridgehead atoms. The van der Waals surface area contributed by atoms with Crippen LogP contribution in [0.3, 0.4) is 0 Å². The average molecular weight is 537 g/mol. The monoisotopic (exact) mass is 536 g/mol. The molecule has 0 amide bonds. The van der Waals surface area contributed by atoms with Crippen molar-refractivity contribution in [3.8, 4) is 28.6 Å². The Morgan fingerprint density at radius 2 is 1.33 bits per heavy atom. The molecule has 39 heavy (non-hydrogen) atoms. The molecule has 0 spiro atoms. The fourth-order valence-electron chi connectivity index (χ4n) is 5.09. The van der Waals surface area contributed by atoms with Gasteiger partial charge in [-0.15, -0.1) is 0 Å². The lowest BCUT2D eigenvalue weighted by atomic mass is 10.1. The molecule has 0 atom stereocenters. The van der Waals surface area contributed by atoms with Crippen LogP contribution in [-0.2, 0) is 6.42 Å². The summed E-state index contributed by atoms with van der Waals surface area (Å²) in [4.78, 5) is 13.3. The summed E-state index contributed by atoms with van der Waals surface area (Å²) in [5, 5.41) is 10.0. The van der Waals surface area contributed by atoms with E-state index in [1.807, 2.05) is 12.1 Å². The Morgan fingerprint density at radius 1 is 0.692 bits per heavy atom. The van der Waals surface area contributed by atoms with Crippen molar-refractivity contribution < 1.29 is 28.2 Å². The minimum Gasteiger partial charge on any atom is -0.496 e. The zero-order chi connectivity index (χ0) is 27.6. The first-order chi connectivity index (χ1) is 19.1. The zero-order valence-corrected chi connectivity index (χ0v) is 23.3. The maximum Gasteiger partial charge on any atom is 0.197 e. The second-order valence-corrected chi connectivity index (χ2v) is 9.96. The van der Waals surface area contributed by atoms with Crippen molar-refractivity contribution in [2.24, 2.45) is 0 Å². The molecule has 0 saturated heterocycles. The van der Waals surface area contributed by atoms with Crippen LogP contribution in [0.2, 0.25) is 0 Å². The minimum absolute atomic E-state index is 0.175. The number of fused-ring (bicyclic) bond motifs is 3. The Bertz CT molecular complexity index is 1420. The number of hydrogen-bond acceptors (Lipinski definition) is 7. The highest BCUT2D eigenvalue weighted by Gasteiger charge is 2.19. The lowest BCUT2D eigenvalue weighted by Crippen LogP contribution is -2.01. The SMILES string of the molecule is COc1ccc(-c2cc(=O)c3c(cc(OC)c4cc(CCCCCCCCCCCCO)oc43)o2)cc1OC. The molecule has 0 fully saturated rings. The summed E-state index contributed by atoms with van der Waals surface area (Å²) in [5.74, 6) is 3.03. The van der Waals surface area contributed by atoms with Crippen molar-refractivity contribution in [1.82, 2.24) is 0 Å². The van der Waals surface area contributed by atoms with Crippen LogP contribution in [0.25, 0.3) is 33.3 Å². The van der Waals surface area contributed by atoms with Crippen LogP contribution >= 0.6 is 0 Å². The summed E-state index contributed by atoms with van der Waals surface area (Å²) in [6, 6.07) is 10.6.